The Balaban J connectivity index is 1.44. The number of ether oxygens (including phenoxy) is 1. The van der Waals surface area contributed by atoms with E-state index < -0.39 is 29.8 Å². The Morgan fingerprint density at radius 1 is 1.16 bits per heavy atom. The first kappa shape index (κ1) is 27.3. The maximum Gasteiger partial charge on any atom is 0.410 e. The number of piperidine rings is 2. The fourth-order valence-electron chi connectivity index (χ4n) is 4.62. The fraction of sp³-hybridized carbons (Fsp3) is 0.519. The molecule has 2 aliphatic heterocycles. The average molecular weight is 527 g/mol. The van der Waals surface area contributed by atoms with Crippen LogP contribution in [0.5, 0.6) is 0 Å². The van der Waals surface area contributed by atoms with E-state index in [-0.39, 0.29) is 18.0 Å². The van der Waals surface area contributed by atoms with Gasteiger partial charge in [0.2, 0.25) is 5.91 Å². The lowest BCUT2D eigenvalue weighted by Crippen LogP contribution is -2.51. The van der Waals surface area contributed by atoms with E-state index in [2.05, 4.69) is 15.3 Å². The first-order valence-corrected chi connectivity index (χ1v) is 12.9. The monoisotopic (exact) mass is 526 g/mol. The van der Waals surface area contributed by atoms with Crippen LogP contribution in [0.4, 0.5) is 20.6 Å². The van der Waals surface area contributed by atoms with E-state index >= 15 is 4.39 Å². The number of carbonyl (C=O) groups excluding carboxylic acids is 3. The number of likely N-dealkylation sites (tertiary alicyclic amines) is 1. The summed E-state index contributed by atoms with van der Waals surface area (Å²) in [5.41, 5.74) is 7.55. The van der Waals surface area contributed by atoms with Gasteiger partial charge in [0.05, 0.1) is 35.7 Å². The average Bonchev–Trinajstić information content (AvgIpc) is 2.85. The van der Waals surface area contributed by atoms with Crippen LogP contribution in [0.3, 0.4) is 0 Å². The highest BCUT2D eigenvalue weighted by atomic mass is 19.1. The van der Waals surface area contributed by atoms with E-state index in [1.165, 1.54) is 11.1 Å². The molecule has 11 heteroatoms. The number of primary amides is 1. The molecular formula is C27H35FN6O4. The van der Waals surface area contributed by atoms with Gasteiger partial charge in [0.1, 0.15) is 11.8 Å². The Morgan fingerprint density at radius 2 is 1.92 bits per heavy atom. The lowest BCUT2D eigenvalue weighted by molar-refractivity contribution is -0.119. The second-order valence-electron chi connectivity index (χ2n) is 10.8. The van der Waals surface area contributed by atoms with E-state index in [0.717, 1.165) is 24.2 Å². The Morgan fingerprint density at radius 3 is 2.55 bits per heavy atom. The molecule has 3 N–H and O–H groups in total. The zero-order valence-corrected chi connectivity index (χ0v) is 22.1. The zero-order chi connectivity index (χ0) is 27.4. The van der Waals surface area contributed by atoms with Gasteiger partial charge in [-0.2, -0.15) is 0 Å². The molecular weight excluding hydrogens is 491 g/mol. The van der Waals surface area contributed by atoms with Gasteiger partial charge >= 0.3 is 6.09 Å². The molecule has 0 radical (unpaired) electrons. The summed E-state index contributed by atoms with van der Waals surface area (Å²) in [7, 11) is 0. The summed E-state index contributed by atoms with van der Waals surface area (Å²) in [6.45, 7) is 6.17. The van der Waals surface area contributed by atoms with E-state index in [1.54, 1.807) is 37.9 Å². The number of nitrogens with two attached hydrogens (primary N) is 1. The molecule has 0 aromatic carbocycles. The second-order valence-corrected chi connectivity index (χ2v) is 10.8. The summed E-state index contributed by atoms with van der Waals surface area (Å²) in [6.07, 6.45) is 4.27. The normalized spacial score (nSPS) is 20.3. The molecule has 4 rings (SSSR count). The van der Waals surface area contributed by atoms with E-state index in [0.29, 0.717) is 43.7 Å². The van der Waals surface area contributed by atoms with Crippen molar-refractivity contribution in [3.8, 4) is 0 Å². The molecule has 2 aliphatic rings. The highest BCUT2D eigenvalue weighted by molar-refractivity contribution is 5.98. The third kappa shape index (κ3) is 6.76. The summed E-state index contributed by atoms with van der Waals surface area (Å²) in [5, 5.41) is 3.11. The Hall–Kier alpha value is -3.76. The van der Waals surface area contributed by atoms with Crippen molar-refractivity contribution in [3.05, 3.63) is 47.5 Å². The SMILES string of the molecule is CC(C)(C)OC(=O)N1CC[C@H](Nc2cc(Cc3ccc(N4CCCCC4=O)cn3)ncc2C(N)=O)[C@H](F)C1. The summed E-state index contributed by atoms with van der Waals surface area (Å²) >= 11 is 0. The summed E-state index contributed by atoms with van der Waals surface area (Å²) in [5.74, 6) is -0.574. The van der Waals surface area contributed by atoms with Crippen LogP contribution < -0.4 is 16.0 Å². The van der Waals surface area contributed by atoms with Crippen LogP contribution in [0.15, 0.2) is 30.6 Å². The van der Waals surface area contributed by atoms with Gasteiger partial charge in [-0.1, -0.05) is 0 Å². The number of hydrogen-bond acceptors (Lipinski definition) is 7. The van der Waals surface area contributed by atoms with E-state index in [1.807, 2.05) is 12.1 Å². The quantitative estimate of drug-likeness (QED) is 0.590. The molecule has 204 valence electrons. The minimum atomic E-state index is -1.37. The molecule has 2 aromatic heterocycles. The molecule has 2 aromatic rings. The summed E-state index contributed by atoms with van der Waals surface area (Å²) in [6, 6.07) is 4.77. The molecule has 38 heavy (non-hydrogen) atoms. The van der Waals surface area contributed by atoms with Crippen molar-refractivity contribution in [1.29, 1.82) is 0 Å². The zero-order valence-electron chi connectivity index (χ0n) is 22.1. The summed E-state index contributed by atoms with van der Waals surface area (Å²) < 4.78 is 20.4. The van der Waals surface area contributed by atoms with Gasteiger partial charge in [0.15, 0.2) is 0 Å². The fourth-order valence-corrected chi connectivity index (χ4v) is 4.62. The number of aromatic nitrogens is 2. The number of hydrogen-bond donors (Lipinski definition) is 2. The number of halogens is 1. The van der Waals surface area contributed by atoms with Crippen LogP contribution in [0.25, 0.3) is 0 Å². The number of rotatable bonds is 6. The first-order valence-electron chi connectivity index (χ1n) is 12.9. The van der Waals surface area contributed by atoms with E-state index in [4.69, 9.17) is 10.5 Å². The molecule has 4 heterocycles. The van der Waals surface area contributed by atoms with Crippen molar-refractivity contribution in [2.75, 3.05) is 29.9 Å². The van der Waals surface area contributed by atoms with Crippen LogP contribution >= 0.6 is 0 Å². The second kappa shape index (κ2) is 11.3. The van der Waals surface area contributed by atoms with Gasteiger partial charge in [0.25, 0.3) is 5.91 Å². The van der Waals surface area contributed by atoms with Crippen LogP contribution in [-0.2, 0) is 16.0 Å². The molecule has 3 amide bonds. The number of anilines is 2. The molecule has 0 spiro atoms. The van der Waals surface area contributed by atoms with Gasteiger partial charge in [-0.15, -0.1) is 0 Å². The topological polar surface area (TPSA) is 131 Å². The van der Waals surface area contributed by atoms with Crippen molar-refractivity contribution in [2.24, 2.45) is 5.73 Å². The van der Waals surface area contributed by atoms with Crippen molar-refractivity contribution in [2.45, 2.75) is 70.7 Å². The highest BCUT2D eigenvalue weighted by Crippen LogP contribution is 2.25. The molecule has 0 bridgehead atoms. The molecule has 0 unspecified atom stereocenters. The van der Waals surface area contributed by atoms with Crippen LogP contribution in [-0.4, -0.2) is 70.2 Å². The number of alkyl halides is 1. The lowest BCUT2D eigenvalue weighted by Gasteiger charge is -2.36. The van der Waals surface area contributed by atoms with Gasteiger partial charge < -0.3 is 25.6 Å². The molecule has 10 nitrogen and oxygen atoms in total. The molecule has 2 saturated heterocycles. The molecule has 0 aliphatic carbocycles. The maximum atomic E-state index is 15.1. The van der Waals surface area contributed by atoms with Crippen LogP contribution in [0.1, 0.15) is 68.2 Å². The van der Waals surface area contributed by atoms with Gasteiger partial charge in [-0.25, -0.2) is 9.18 Å². The molecule has 2 atom stereocenters. The van der Waals surface area contributed by atoms with Gasteiger partial charge in [0, 0.05) is 43.5 Å². The predicted molar refractivity (Wildman–Crippen MR) is 141 cm³/mol. The number of nitrogens with zero attached hydrogens (tertiary/aromatic N) is 4. The number of nitrogens with one attached hydrogen (secondary N) is 1. The highest BCUT2D eigenvalue weighted by Gasteiger charge is 2.34. The van der Waals surface area contributed by atoms with Crippen LogP contribution in [0.2, 0.25) is 0 Å². The van der Waals surface area contributed by atoms with Crippen molar-refractivity contribution < 1.29 is 23.5 Å². The number of carbonyl (C=O) groups is 3. The molecule has 2 fully saturated rings. The minimum Gasteiger partial charge on any atom is -0.444 e. The molecule has 0 saturated carbocycles. The third-order valence-electron chi connectivity index (χ3n) is 6.57. The van der Waals surface area contributed by atoms with Crippen molar-refractivity contribution >= 4 is 29.3 Å². The van der Waals surface area contributed by atoms with Gasteiger partial charge in [-0.3, -0.25) is 19.6 Å². The summed E-state index contributed by atoms with van der Waals surface area (Å²) in [4.78, 5) is 48.5. The van der Waals surface area contributed by atoms with E-state index in [9.17, 15) is 14.4 Å². The van der Waals surface area contributed by atoms with Crippen molar-refractivity contribution in [3.63, 3.8) is 0 Å². The number of pyridine rings is 2. The Kier molecular flexibility index (Phi) is 8.13. The standard InChI is InChI=1S/C27H35FN6O4/c1-27(2,3)38-26(37)33-11-9-22(21(28)16-33)32-23-13-18(31-15-20(23)25(29)36)12-17-7-8-19(14-30-17)34-10-5-4-6-24(34)35/h7-8,13-15,21-22H,4-6,9-12,16H2,1-3H3,(H2,29,36)(H,31,32)/t21-,22+/m1/s1. The van der Waals surface area contributed by atoms with Gasteiger partial charge in [-0.05, 0) is 58.2 Å². The smallest absolute Gasteiger partial charge is 0.410 e. The van der Waals surface area contributed by atoms with Crippen LogP contribution in [0, 0.1) is 0 Å². The number of amides is 3. The largest absolute Gasteiger partial charge is 0.444 e. The predicted octanol–water partition coefficient (Wildman–Crippen LogP) is 3.44. The van der Waals surface area contributed by atoms with Crippen molar-refractivity contribution in [1.82, 2.24) is 14.9 Å². The minimum absolute atomic E-state index is 0.105. The first-order chi connectivity index (χ1) is 18.0. The maximum absolute atomic E-state index is 15.1. The lowest BCUT2D eigenvalue weighted by atomic mass is 10.0. The Bertz CT molecular complexity index is 1180. The Labute approximate surface area is 221 Å². The third-order valence-corrected chi connectivity index (χ3v) is 6.57.